The van der Waals surface area contributed by atoms with E-state index in [1.807, 2.05) is 0 Å². The molecule has 0 aliphatic rings. The third kappa shape index (κ3) is 7.25. The maximum Gasteiger partial charge on any atom is 0.321 e. The second-order valence-corrected chi connectivity index (χ2v) is 3.59. The van der Waals surface area contributed by atoms with Crippen molar-refractivity contribution in [3.63, 3.8) is 0 Å². The van der Waals surface area contributed by atoms with Crippen LogP contribution in [0, 0.1) is 0 Å². The molecule has 0 fully saturated rings. The molecular weight excluding hydrogens is 230 g/mol. The van der Waals surface area contributed by atoms with E-state index in [0.29, 0.717) is 6.42 Å². The highest BCUT2D eigenvalue weighted by atomic mass is 16.4. The lowest BCUT2D eigenvalue weighted by Gasteiger charge is -2.09. The van der Waals surface area contributed by atoms with E-state index in [9.17, 15) is 14.4 Å². The first-order valence-corrected chi connectivity index (χ1v) is 5.08. The quantitative estimate of drug-likeness (QED) is 0.313. The van der Waals surface area contributed by atoms with E-state index in [0.717, 1.165) is 0 Å². The van der Waals surface area contributed by atoms with E-state index in [-0.39, 0.29) is 19.4 Å². The van der Waals surface area contributed by atoms with Crippen LogP contribution in [0.25, 0.3) is 0 Å². The lowest BCUT2D eigenvalue weighted by molar-refractivity contribution is -0.140. The summed E-state index contributed by atoms with van der Waals surface area (Å²) in [7, 11) is 0. The standard InChI is InChI=1S/C9H17N3O5/c10-5(8(14)15)2-1-3-12-7(13)4-6(11)9(16)17/h5-6H,1-4,10-11H2,(H,12,13)(H,14,15)(H,16,17)/t5-,6-/m0/s1. The molecule has 0 saturated heterocycles. The fourth-order valence-corrected chi connectivity index (χ4v) is 1.03. The zero-order valence-electron chi connectivity index (χ0n) is 9.26. The summed E-state index contributed by atoms with van der Waals surface area (Å²) in [5, 5.41) is 19.4. The van der Waals surface area contributed by atoms with E-state index < -0.39 is 29.9 Å². The number of aliphatic carboxylic acids is 2. The summed E-state index contributed by atoms with van der Waals surface area (Å²) < 4.78 is 0. The summed E-state index contributed by atoms with van der Waals surface area (Å²) in [6.07, 6.45) is 0.336. The van der Waals surface area contributed by atoms with Crippen LogP contribution in [0.4, 0.5) is 0 Å². The molecule has 0 aromatic rings. The lowest BCUT2D eigenvalue weighted by Crippen LogP contribution is -2.37. The third-order valence-corrected chi connectivity index (χ3v) is 2.05. The molecule has 0 aliphatic carbocycles. The Labute approximate surface area is 98.0 Å². The highest BCUT2D eigenvalue weighted by Crippen LogP contribution is 1.94. The summed E-state index contributed by atoms with van der Waals surface area (Å²) in [5.41, 5.74) is 10.4. The molecule has 0 aromatic heterocycles. The molecule has 98 valence electrons. The van der Waals surface area contributed by atoms with Crippen LogP contribution >= 0.6 is 0 Å². The normalized spacial score (nSPS) is 13.8. The van der Waals surface area contributed by atoms with E-state index in [1.165, 1.54) is 0 Å². The number of carbonyl (C=O) groups is 3. The van der Waals surface area contributed by atoms with Crippen molar-refractivity contribution in [2.75, 3.05) is 6.54 Å². The number of nitrogens with one attached hydrogen (secondary N) is 1. The molecule has 8 nitrogen and oxygen atoms in total. The molecule has 0 saturated carbocycles. The number of amides is 1. The summed E-state index contributed by atoms with van der Waals surface area (Å²) in [6.45, 7) is 0.242. The molecule has 2 atom stereocenters. The Kier molecular flexibility index (Phi) is 6.83. The molecule has 0 aliphatic heterocycles. The molecule has 0 heterocycles. The van der Waals surface area contributed by atoms with E-state index >= 15 is 0 Å². The molecule has 1 amide bonds. The summed E-state index contributed by atoms with van der Waals surface area (Å²) in [5.74, 6) is -2.82. The van der Waals surface area contributed by atoms with Crippen molar-refractivity contribution in [1.82, 2.24) is 5.32 Å². The number of carbonyl (C=O) groups excluding carboxylic acids is 1. The molecule has 0 bridgehead atoms. The van der Waals surface area contributed by atoms with Gasteiger partial charge in [-0.3, -0.25) is 14.4 Å². The highest BCUT2D eigenvalue weighted by Gasteiger charge is 2.16. The minimum Gasteiger partial charge on any atom is -0.480 e. The Bertz CT molecular complexity index is 294. The van der Waals surface area contributed by atoms with Crippen LogP contribution in [-0.2, 0) is 14.4 Å². The van der Waals surface area contributed by atoms with Gasteiger partial charge in [-0.2, -0.15) is 0 Å². The first kappa shape index (κ1) is 15.3. The van der Waals surface area contributed by atoms with Crippen molar-refractivity contribution >= 4 is 17.8 Å². The van der Waals surface area contributed by atoms with Gasteiger partial charge in [-0.15, -0.1) is 0 Å². The zero-order valence-corrected chi connectivity index (χ0v) is 9.26. The largest absolute Gasteiger partial charge is 0.480 e. The molecule has 0 aromatic carbocycles. The smallest absolute Gasteiger partial charge is 0.321 e. The minimum atomic E-state index is -1.24. The Morgan fingerprint density at radius 2 is 1.59 bits per heavy atom. The van der Waals surface area contributed by atoms with Gasteiger partial charge in [-0.05, 0) is 12.8 Å². The third-order valence-electron chi connectivity index (χ3n) is 2.05. The fraction of sp³-hybridized carbons (Fsp3) is 0.667. The van der Waals surface area contributed by atoms with Crippen molar-refractivity contribution in [2.45, 2.75) is 31.3 Å². The molecular formula is C9H17N3O5. The predicted octanol–water partition coefficient (Wildman–Crippen LogP) is -1.90. The molecule has 0 unspecified atom stereocenters. The van der Waals surface area contributed by atoms with Crippen LogP contribution in [0.5, 0.6) is 0 Å². The Morgan fingerprint density at radius 3 is 2.06 bits per heavy atom. The van der Waals surface area contributed by atoms with Crippen molar-refractivity contribution in [2.24, 2.45) is 11.5 Å². The van der Waals surface area contributed by atoms with Crippen molar-refractivity contribution in [3.05, 3.63) is 0 Å². The summed E-state index contributed by atoms with van der Waals surface area (Å²) in [6, 6.07) is -2.18. The molecule has 0 spiro atoms. The van der Waals surface area contributed by atoms with Gasteiger partial charge in [0.05, 0.1) is 6.42 Å². The van der Waals surface area contributed by atoms with Gasteiger partial charge in [0.1, 0.15) is 12.1 Å². The van der Waals surface area contributed by atoms with Gasteiger partial charge >= 0.3 is 11.9 Å². The van der Waals surface area contributed by atoms with Gasteiger partial charge in [-0.25, -0.2) is 0 Å². The van der Waals surface area contributed by atoms with E-state index in [2.05, 4.69) is 5.32 Å². The summed E-state index contributed by atoms with van der Waals surface area (Å²) in [4.78, 5) is 31.8. The maximum atomic E-state index is 11.1. The van der Waals surface area contributed by atoms with Crippen LogP contribution < -0.4 is 16.8 Å². The van der Waals surface area contributed by atoms with Crippen LogP contribution in [-0.4, -0.2) is 46.7 Å². The van der Waals surface area contributed by atoms with Crippen molar-refractivity contribution in [1.29, 1.82) is 0 Å². The molecule has 8 heteroatoms. The fourth-order valence-electron chi connectivity index (χ4n) is 1.03. The Balaban J connectivity index is 3.65. The number of hydrogen-bond acceptors (Lipinski definition) is 5. The van der Waals surface area contributed by atoms with Crippen molar-refractivity contribution in [3.8, 4) is 0 Å². The second kappa shape index (κ2) is 7.58. The monoisotopic (exact) mass is 247 g/mol. The molecule has 7 N–H and O–H groups in total. The summed E-state index contributed by atoms with van der Waals surface area (Å²) >= 11 is 0. The minimum absolute atomic E-state index is 0.237. The van der Waals surface area contributed by atoms with Gasteiger partial charge < -0.3 is 27.0 Å². The molecule has 0 rings (SSSR count). The number of carboxylic acids is 2. The first-order valence-electron chi connectivity index (χ1n) is 5.08. The van der Waals surface area contributed by atoms with Crippen LogP contribution in [0.1, 0.15) is 19.3 Å². The predicted molar refractivity (Wildman–Crippen MR) is 58.1 cm³/mol. The number of hydrogen-bond donors (Lipinski definition) is 5. The maximum absolute atomic E-state index is 11.1. The van der Waals surface area contributed by atoms with Gasteiger partial charge in [0.25, 0.3) is 0 Å². The molecule has 0 radical (unpaired) electrons. The zero-order chi connectivity index (χ0) is 13.4. The second-order valence-electron chi connectivity index (χ2n) is 3.59. The van der Waals surface area contributed by atoms with Gasteiger partial charge in [0.15, 0.2) is 0 Å². The SMILES string of the molecule is N[C@@H](CCCNC(=O)C[C@H](N)C(=O)O)C(=O)O. The first-order chi connectivity index (χ1) is 7.84. The van der Waals surface area contributed by atoms with E-state index in [1.54, 1.807) is 0 Å². The van der Waals surface area contributed by atoms with Gasteiger partial charge in [0.2, 0.25) is 5.91 Å². The van der Waals surface area contributed by atoms with Crippen LogP contribution in [0.2, 0.25) is 0 Å². The molecule has 17 heavy (non-hydrogen) atoms. The highest BCUT2D eigenvalue weighted by molar-refractivity contribution is 5.84. The van der Waals surface area contributed by atoms with Crippen LogP contribution in [0.15, 0.2) is 0 Å². The lowest BCUT2D eigenvalue weighted by atomic mass is 10.1. The average molecular weight is 247 g/mol. The van der Waals surface area contributed by atoms with Gasteiger partial charge in [-0.1, -0.05) is 0 Å². The number of rotatable bonds is 8. The Hall–Kier alpha value is -1.67. The topological polar surface area (TPSA) is 156 Å². The van der Waals surface area contributed by atoms with Crippen LogP contribution in [0.3, 0.4) is 0 Å². The van der Waals surface area contributed by atoms with E-state index in [4.69, 9.17) is 21.7 Å². The van der Waals surface area contributed by atoms with Gasteiger partial charge in [0, 0.05) is 6.54 Å². The number of nitrogens with two attached hydrogens (primary N) is 2. The average Bonchev–Trinajstić information content (AvgIpc) is 2.23. The Morgan fingerprint density at radius 1 is 1.06 bits per heavy atom. The number of carboxylic acid groups (broad SMARTS) is 2. The van der Waals surface area contributed by atoms with Crippen molar-refractivity contribution < 1.29 is 24.6 Å².